The quantitative estimate of drug-likeness (QED) is 0.737. The molecule has 1 N–H and O–H groups in total. The van der Waals surface area contributed by atoms with E-state index in [0.717, 1.165) is 32.1 Å². The van der Waals surface area contributed by atoms with Crippen LogP contribution in [-0.4, -0.2) is 58.1 Å². The summed E-state index contributed by atoms with van der Waals surface area (Å²) in [6.07, 6.45) is 3.75. The Morgan fingerprint density at radius 3 is 2.44 bits per heavy atom. The van der Waals surface area contributed by atoms with Crippen LogP contribution >= 0.6 is 0 Å². The highest BCUT2D eigenvalue weighted by atomic mass is 32.2. The molecule has 0 aromatic rings. The molecule has 0 atom stereocenters. The number of hydrogen-bond donors (Lipinski definition) is 1. The first kappa shape index (κ1) is 13.9. The highest BCUT2D eigenvalue weighted by molar-refractivity contribution is 7.90. The summed E-state index contributed by atoms with van der Waals surface area (Å²) in [5.41, 5.74) is 0. The van der Waals surface area contributed by atoms with E-state index in [2.05, 4.69) is 17.1 Å². The second kappa shape index (κ2) is 6.57. The largest absolute Gasteiger partial charge is 0.317 e. The second-order valence-corrected chi connectivity index (χ2v) is 6.98. The van der Waals surface area contributed by atoms with Gasteiger partial charge in [-0.2, -0.15) is 0 Å². The molecule has 0 bridgehead atoms. The van der Waals surface area contributed by atoms with Crippen molar-refractivity contribution in [1.82, 2.24) is 10.2 Å². The van der Waals surface area contributed by atoms with Gasteiger partial charge in [0.15, 0.2) is 0 Å². The zero-order valence-corrected chi connectivity index (χ0v) is 11.2. The molecule has 0 aromatic carbocycles. The van der Waals surface area contributed by atoms with Gasteiger partial charge in [-0.3, -0.25) is 0 Å². The predicted octanol–water partition coefficient (Wildman–Crippen LogP) is 0.353. The maximum atomic E-state index is 11.1. The summed E-state index contributed by atoms with van der Waals surface area (Å²) in [4.78, 5) is 2.26. The summed E-state index contributed by atoms with van der Waals surface area (Å²) in [5, 5.41) is 3.35. The van der Waals surface area contributed by atoms with Gasteiger partial charge in [0.05, 0.1) is 5.75 Å². The fourth-order valence-electron chi connectivity index (χ4n) is 2.10. The molecule has 16 heavy (non-hydrogen) atoms. The highest BCUT2D eigenvalue weighted by Crippen LogP contribution is 2.13. The van der Waals surface area contributed by atoms with Crippen molar-refractivity contribution in [1.29, 1.82) is 0 Å². The zero-order chi connectivity index (χ0) is 12.0. The van der Waals surface area contributed by atoms with Crippen LogP contribution in [0.1, 0.15) is 19.8 Å². The SMILES string of the molecule is CCN(CCS(C)(=O)=O)CC1CCNCC1. The standard InChI is InChI=1S/C11H24N2O2S/c1-3-13(8-9-16(2,14)15)10-11-4-6-12-7-5-11/h11-12H,3-10H2,1-2H3. The van der Waals surface area contributed by atoms with E-state index >= 15 is 0 Å². The van der Waals surface area contributed by atoms with Gasteiger partial charge in [-0.25, -0.2) is 8.42 Å². The van der Waals surface area contributed by atoms with Gasteiger partial charge in [-0.1, -0.05) is 6.92 Å². The van der Waals surface area contributed by atoms with Gasteiger partial charge in [-0.15, -0.1) is 0 Å². The number of rotatable bonds is 6. The molecular weight excluding hydrogens is 224 g/mol. The van der Waals surface area contributed by atoms with Crippen molar-refractivity contribution in [3.63, 3.8) is 0 Å². The number of sulfone groups is 1. The van der Waals surface area contributed by atoms with Crippen molar-refractivity contribution in [2.75, 3.05) is 44.7 Å². The molecule has 1 fully saturated rings. The number of nitrogens with one attached hydrogen (secondary N) is 1. The van der Waals surface area contributed by atoms with Gasteiger partial charge in [0.25, 0.3) is 0 Å². The molecule has 1 heterocycles. The van der Waals surface area contributed by atoms with Crippen molar-refractivity contribution in [2.45, 2.75) is 19.8 Å². The Balaban J connectivity index is 2.30. The molecule has 0 saturated carbocycles. The topological polar surface area (TPSA) is 49.4 Å². The van der Waals surface area contributed by atoms with Gasteiger partial charge in [0, 0.05) is 19.3 Å². The van der Waals surface area contributed by atoms with E-state index in [1.54, 1.807) is 0 Å². The molecular formula is C11H24N2O2S. The van der Waals surface area contributed by atoms with Crippen LogP contribution < -0.4 is 5.32 Å². The van der Waals surface area contributed by atoms with E-state index in [-0.39, 0.29) is 5.75 Å². The summed E-state index contributed by atoms with van der Waals surface area (Å²) in [6.45, 7) is 6.98. The average molecular weight is 248 g/mol. The van der Waals surface area contributed by atoms with Crippen LogP contribution in [0.2, 0.25) is 0 Å². The molecule has 1 aliphatic heterocycles. The van der Waals surface area contributed by atoms with Crippen LogP contribution in [0.3, 0.4) is 0 Å². The van der Waals surface area contributed by atoms with Crippen LogP contribution in [0.15, 0.2) is 0 Å². The molecule has 0 aromatic heterocycles. The van der Waals surface area contributed by atoms with Crippen LogP contribution in [0.25, 0.3) is 0 Å². The van der Waals surface area contributed by atoms with Crippen molar-refractivity contribution in [3.05, 3.63) is 0 Å². The molecule has 0 radical (unpaired) electrons. The molecule has 0 unspecified atom stereocenters. The Morgan fingerprint density at radius 1 is 1.31 bits per heavy atom. The van der Waals surface area contributed by atoms with Gasteiger partial charge in [0.2, 0.25) is 0 Å². The lowest BCUT2D eigenvalue weighted by molar-refractivity contribution is 0.223. The van der Waals surface area contributed by atoms with Crippen molar-refractivity contribution in [3.8, 4) is 0 Å². The Morgan fingerprint density at radius 2 is 1.94 bits per heavy atom. The van der Waals surface area contributed by atoms with E-state index in [0.29, 0.717) is 6.54 Å². The van der Waals surface area contributed by atoms with Gasteiger partial charge in [-0.05, 0) is 38.4 Å². The van der Waals surface area contributed by atoms with Crippen LogP contribution in [-0.2, 0) is 9.84 Å². The number of hydrogen-bond acceptors (Lipinski definition) is 4. The molecule has 0 aliphatic carbocycles. The molecule has 1 aliphatic rings. The molecule has 1 rings (SSSR count). The summed E-state index contributed by atoms with van der Waals surface area (Å²) in [5.74, 6) is 1.02. The van der Waals surface area contributed by atoms with E-state index < -0.39 is 9.84 Å². The Labute approximate surface area is 99.3 Å². The second-order valence-electron chi connectivity index (χ2n) is 4.72. The summed E-state index contributed by atoms with van der Waals surface area (Å²) < 4.78 is 22.2. The fraction of sp³-hybridized carbons (Fsp3) is 1.00. The number of piperidine rings is 1. The van der Waals surface area contributed by atoms with E-state index in [9.17, 15) is 8.42 Å². The minimum absolute atomic E-state index is 0.284. The van der Waals surface area contributed by atoms with E-state index in [4.69, 9.17) is 0 Å². The smallest absolute Gasteiger partial charge is 0.148 e. The molecule has 96 valence electrons. The summed E-state index contributed by atoms with van der Waals surface area (Å²) in [7, 11) is -2.82. The minimum atomic E-state index is -2.82. The maximum absolute atomic E-state index is 11.1. The van der Waals surface area contributed by atoms with E-state index in [1.807, 2.05) is 0 Å². The molecule has 0 amide bonds. The van der Waals surface area contributed by atoms with Crippen LogP contribution in [0.5, 0.6) is 0 Å². The first-order valence-corrected chi connectivity index (χ1v) is 8.18. The zero-order valence-electron chi connectivity index (χ0n) is 10.4. The van der Waals surface area contributed by atoms with Crippen molar-refractivity contribution in [2.24, 2.45) is 5.92 Å². The third kappa shape index (κ3) is 5.82. The first-order valence-electron chi connectivity index (χ1n) is 6.12. The van der Waals surface area contributed by atoms with Gasteiger partial charge >= 0.3 is 0 Å². The van der Waals surface area contributed by atoms with Gasteiger partial charge < -0.3 is 10.2 Å². The Hall–Kier alpha value is -0.130. The summed E-state index contributed by atoms with van der Waals surface area (Å²) >= 11 is 0. The normalized spacial score (nSPS) is 19.2. The lowest BCUT2D eigenvalue weighted by Crippen LogP contribution is -2.38. The van der Waals surface area contributed by atoms with Crippen molar-refractivity contribution < 1.29 is 8.42 Å². The third-order valence-corrected chi connectivity index (χ3v) is 4.12. The van der Waals surface area contributed by atoms with Crippen LogP contribution in [0.4, 0.5) is 0 Å². The summed E-state index contributed by atoms with van der Waals surface area (Å²) in [6, 6.07) is 0. The molecule has 5 heteroatoms. The number of nitrogens with zero attached hydrogens (tertiary/aromatic N) is 1. The van der Waals surface area contributed by atoms with Gasteiger partial charge in [0.1, 0.15) is 9.84 Å². The molecule has 4 nitrogen and oxygen atoms in total. The van der Waals surface area contributed by atoms with Crippen LogP contribution in [0, 0.1) is 5.92 Å². The maximum Gasteiger partial charge on any atom is 0.148 e. The lowest BCUT2D eigenvalue weighted by atomic mass is 9.97. The Kier molecular flexibility index (Phi) is 5.72. The highest BCUT2D eigenvalue weighted by Gasteiger charge is 2.16. The average Bonchev–Trinajstić information content (AvgIpc) is 2.24. The predicted molar refractivity (Wildman–Crippen MR) is 67.4 cm³/mol. The third-order valence-electron chi connectivity index (χ3n) is 3.20. The minimum Gasteiger partial charge on any atom is -0.317 e. The molecule has 0 spiro atoms. The van der Waals surface area contributed by atoms with E-state index in [1.165, 1.54) is 19.1 Å². The lowest BCUT2D eigenvalue weighted by Gasteiger charge is -2.29. The molecule has 1 saturated heterocycles. The fourth-order valence-corrected chi connectivity index (χ4v) is 2.69. The monoisotopic (exact) mass is 248 g/mol. The Bertz CT molecular complexity index is 284. The first-order chi connectivity index (χ1) is 7.51. The van der Waals surface area contributed by atoms with Crippen molar-refractivity contribution >= 4 is 9.84 Å².